The number of carbonyl (C=O) groups is 2. The zero-order chi connectivity index (χ0) is 79.2. The van der Waals surface area contributed by atoms with Gasteiger partial charge >= 0.3 is 11.9 Å². The van der Waals surface area contributed by atoms with Gasteiger partial charge in [-0.3, -0.25) is 14.5 Å². The molecule has 8 aliphatic rings. The molecule has 0 aliphatic carbocycles. The maximum atomic E-state index is 14.4. The van der Waals surface area contributed by atoms with Crippen LogP contribution < -0.4 is 5.32 Å². The molecule has 0 spiro atoms. The molecule has 26 heteroatoms. The Morgan fingerprint density at radius 2 is 0.962 bits per heavy atom. The molecule has 9 N–H and O–H groups in total. The van der Waals surface area contributed by atoms with E-state index in [1.54, 1.807) is 62.4 Å². The fraction of sp³-hybridized carbons (Fsp3) is 0.900. The number of aliphatic hydroxyl groups excluding tert-OH is 6. The summed E-state index contributed by atoms with van der Waals surface area (Å²) >= 11 is 0. The van der Waals surface area contributed by atoms with Crippen LogP contribution in [0.3, 0.4) is 0 Å². The van der Waals surface area contributed by atoms with E-state index in [1.807, 2.05) is 62.4 Å². The summed E-state index contributed by atoms with van der Waals surface area (Å²) in [5, 5.41) is 94.2. The van der Waals surface area contributed by atoms with Gasteiger partial charge in [0.1, 0.15) is 47.8 Å². The van der Waals surface area contributed by atoms with Crippen LogP contribution in [0.15, 0.2) is 24.3 Å². The van der Waals surface area contributed by atoms with Crippen LogP contribution >= 0.6 is 0 Å². The topological polar surface area (TPSA) is 340 Å². The Hall–Kier alpha value is -2.72. The third-order valence-corrected chi connectivity index (χ3v) is 25.9. The number of ether oxygens (including phenoxy) is 14. The van der Waals surface area contributed by atoms with Crippen molar-refractivity contribution in [1.82, 2.24) is 10.2 Å². The van der Waals surface area contributed by atoms with E-state index >= 15 is 0 Å². The van der Waals surface area contributed by atoms with Crippen LogP contribution in [-0.4, -0.2) is 267 Å². The first kappa shape index (κ1) is 88.8. The largest absolute Gasteiger partial charge is 0.459 e. The number of aryl methyl sites for hydroxylation is 1. The summed E-state index contributed by atoms with van der Waals surface area (Å²) in [6, 6.07) is 7.82. The second-order valence-electron chi connectivity index (χ2n) is 34.8. The fourth-order valence-electron chi connectivity index (χ4n) is 19.2. The van der Waals surface area contributed by atoms with Crippen LogP contribution in [-0.2, 0) is 82.4 Å². The number of cyclic esters (lactones) is 2. The number of likely N-dealkylation sites (N-methyl/N-ethyl adjacent to an activating group) is 2. The summed E-state index contributed by atoms with van der Waals surface area (Å²) in [6.45, 7) is 39.3. The van der Waals surface area contributed by atoms with Crippen molar-refractivity contribution in [3.8, 4) is 0 Å². The van der Waals surface area contributed by atoms with Gasteiger partial charge in [0.2, 0.25) is 0 Å². The molecule has 14 unspecified atom stereocenters. The van der Waals surface area contributed by atoms with Crippen molar-refractivity contribution in [2.45, 2.75) is 384 Å². The summed E-state index contributed by atoms with van der Waals surface area (Å²) in [4.78, 5) is 30.8. The molecular formula is C80H138N2O24. The molecule has 0 amide bonds. The minimum atomic E-state index is -1.80. The van der Waals surface area contributed by atoms with Crippen molar-refractivity contribution in [3.63, 3.8) is 0 Å². The lowest BCUT2D eigenvalue weighted by Gasteiger charge is -2.48. The molecule has 1 aromatic rings. The lowest BCUT2D eigenvalue weighted by atomic mass is 9.76. The number of esters is 2. The van der Waals surface area contributed by atoms with Gasteiger partial charge in [-0.2, -0.15) is 0 Å². The van der Waals surface area contributed by atoms with E-state index in [0.29, 0.717) is 32.2 Å². The molecule has 4 bridgehead atoms. The molecule has 1 aromatic carbocycles. The summed E-state index contributed by atoms with van der Waals surface area (Å²) < 4.78 is 90.6. The van der Waals surface area contributed by atoms with Crippen LogP contribution in [0.1, 0.15) is 201 Å². The van der Waals surface area contributed by atoms with Gasteiger partial charge in [0.25, 0.3) is 0 Å². The minimum absolute atomic E-state index is 0.0575. The Morgan fingerprint density at radius 1 is 0.575 bits per heavy atom. The van der Waals surface area contributed by atoms with Gasteiger partial charge in [0.15, 0.2) is 25.2 Å². The van der Waals surface area contributed by atoms with Crippen LogP contribution in [0.25, 0.3) is 0 Å². The SMILES string of the molecule is CC[C@@H](O)[C@@](C)(O)[C@@H]1OC(=O)[C@H](C)[C@@H](O[C@H]2CC(C)(OC)[C@@H](O)C(C)O2)[C@H](C)[C@@H](O[C@@H]2OC(C)CC(N(C)Cc3ccc(C)cc3)C2O)[C@]2(C)CC(C)C(O2)[C@@H]1C.CC[C@@H](O)[C@@](C)(O)[C@@H]1OC(=O)[C@H](C)[C@@H](O[C@H]2CC(C)(OC)[C@@H](O)C(C)O2)[C@H](C)[C@@H](O[C@@H]2OC(C)CC(NC)C2O)[C@]2(C)CC(C)C(O2)[C@@H]1C. The molecule has 612 valence electrons. The van der Waals surface area contributed by atoms with E-state index in [1.165, 1.54) is 33.6 Å². The van der Waals surface area contributed by atoms with E-state index in [0.717, 1.165) is 5.56 Å². The average molecular weight is 1510 g/mol. The first-order chi connectivity index (χ1) is 49.3. The zero-order valence-corrected chi connectivity index (χ0v) is 68.2. The van der Waals surface area contributed by atoms with E-state index in [4.69, 9.17) is 66.3 Å². The van der Waals surface area contributed by atoms with Crippen LogP contribution in [0.5, 0.6) is 0 Å². The number of nitrogens with one attached hydrogen (secondary N) is 1. The van der Waals surface area contributed by atoms with E-state index < -0.39 is 204 Å². The lowest BCUT2D eigenvalue weighted by molar-refractivity contribution is -0.318. The van der Waals surface area contributed by atoms with Gasteiger partial charge in [-0.25, -0.2) is 0 Å². The zero-order valence-electron chi connectivity index (χ0n) is 68.2. The maximum Gasteiger partial charge on any atom is 0.311 e. The Morgan fingerprint density at radius 3 is 1.34 bits per heavy atom. The second-order valence-corrected chi connectivity index (χ2v) is 34.8. The smallest absolute Gasteiger partial charge is 0.311 e. The van der Waals surface area contributed by atoms with Crippen molar-refractivity contribution in [2.24, 2.45) is 47.3 Å². The van der Waals surface area contributed by atoms with Crippen molar-refractivity contribution in [2.75, 3.05) is 28.3 Å². The fourth-order valence-corrected chi connectivity index (χ4v) is 19.2. The number of carbonyl (C=O) groups excluding carboxylic acids is 2. The number of rotatable bonds is 20. The molecule has 106 heavy (non-hydrogen) atoms. The van der Waals surface area contributed by atoms with Gasteiger partial charge in [-0.1, -0.05) is 85.2 Å². The molecule has 38 atom stereocenters. The van der Waals surface area contributed by atoms with Gasteiger partial charge in [-0.15, -0.1) is 0 Å². The highest BCUT2D eigenvalue weighted by molar-refractivity contribution is 5.73. The Kier molecular flexibility index (Phi) is 29.6. The number of benzene rings is 1. The number of nitrogens with zero attached hydrogens (tertiary/aromatic N) is 1. The minimum Gasteiger partial charge on any atom is -0.459 e. The first-order valence-electron chi connectivity index (χ1n) is 39.4. The highest BCUT2D eigenvalue weighted by Crippen LogP contribution is 2.52. The standard InChI is InChI=1S/C44H73NO12.C36H65NO12/c1-14-32(46)44(11,50)39-26(5)35-24(3)20-43(10,57-35)38(56-41-34(47)31(19-25(4)52-41)45(12)22-30-17-15-23(2)16-18-30)27(6)36(28(7)40(49)55-39)54-33-21-42(9,51-13)37(48)29(8)53-33;1-13-24(38)36(10,42)31-19(4)27-17(2)15-35(9,49-27)30(48-33-26(39)23(37-11)14-18(3)44-33)20(5)28(21(6)32(41)47-31)46-25-16-34(8,43-12)29(40)22(7)45-25/h15-18,24-29,31-39,41,46-48,50H,14,19-22H2,1-13H3;17-31,33,37-40,42H,13-16H2,1-12H3/t24?,25?,26-,27-,28+,29?,31?,32+,33-,34?,35?,36-,37-,38+,39+,41-,42?,43-,44+;17?,18?,19-,20-,21+,22?,23?,24+,25-,26?,27?,28-,29-,30+,31+,33-,34?,35-,36+/m00/s1. The highest BCUT2D eigenvalue weighted by Gasteiger charge is 2.62. The predicted octanol–water partition coefficient (Wildman–Crippen LogP) is 6.78. The first-order valence-corrected chi connectivity index (χ1v) is 39.4. The van der Waals surface area contributed by atoms with Crippen LogP contribution in [0.4, 0.5) is 0 Å². The van der Waals surface area contributed by atoms with Gasteiger partial charge in [0.05, 0.1) is 107 Å². The van der Waals surface area contributed by atoms with E-state index in [2.05, 4.69) is 55.3 Å². The highest BCUT2D eigenvalue weighted by atomic mass is 16.7. The number of fused-ring (bicyclic) bond motifs is 4. The predicted molar refractivity (Wildman–Crippen MR) is 392 cm³/mol. The third kappa shape index (κ3) is 18.7. The summed E-state index contributed by atoms with van der Waals surface area (Å²) in [7, 11) is 6.86. The summed E-state index contributed by atoms with van der Waals surface area (Å²) in [6.07, 6.45) is -15.1. The molecule has 8 fully saturated rings. The number of hydrogen-bond donors (Lipinski definition) is 9. The van der Waals surface area contributed by atoms with E-state index in [9.17, 15) is 50.4 Å². The molecule has 8 saturated heterocycles. The Balaban J connectivity index is 0.000000271. The number of hydrogen-bond acceptors (Lipinski definition) is 26. The molecule has 0 radical (unpaired) electrons. The lowest BCUT2D eigenvalue weighted by Crippen LogP contribution is -2.60. The Bertz CT molecular complexity index is 2970. The Labute approximate surface area is 631 Å². The summed E-state index contributed by atoms with van der Waals surface area (Å²) in [5.41, 5.74) is -5.19. The summed E-state index contributed by atoms with van der Waals surface area (Å²) in [5.74, 6) is -5.44. The number of aliphatic hydroxyl groups is 8. The van der Waals surface area contributed by atoms with E-state index in [-0.39, 0.29) is 61.8 Å². The molecular weight excluding hydrogens is 1370 g/mol. The maximum absolute atomic E-state index is 14.4. The van der Waals surface area contributed by atoms with Crippen molar-refractivity contribution >= 4 is 11.9 Å². The van der Waals surface area contributed by atoms with Crippen molar-refractivity contribution < 1.29 is 117 Å². The molecule has 8 heterocycles. The quantitative estimate of drug-likeness (QED) is 0.0607. The van der Waals surface area contributed by atoms with Crippen LogP contribution in [0, 0.1) is 54.3 Å². The van der Waals surface area contributed by atoms with Crippen molar-refractivity contribution in [3.05, 3.63) is 35.4 Å². The number of methoxy groups -OCH3 is 2. The van der Waals surface area contributed by atoms with Gasteiger partial charge < -0.3 is 112 Å². The second kappa shape index (κ2) is 35.3. The molecule has 0 aromatic heterocycles. The average Bonchev–Trinajstić information content (AvgIpc) is 1.58. The molecule has 0 saturated carbocycles. The van der Waals surface area contributed by atoms with Gasteiger partial charge in [0, 0.05) is 69.4 Å². The van der Waals surface area contributed by atoms with Crippen molar-refractivity contribution in [1.29, 1.82) is 0 Å². The molecule has 26 nitrogen and oxygen atoms in total. The normalized spacial score (nSPS) is 47.3. The molecule has 9 rings (SSSR count). The van der Waals surface area contributed by atoms with Crippen LogP contribution in [0.2, 0.25) is 0 Å². The monoisotopic (exact) mass is 1510 g/mol. The van der Waals surface area contributed by atoms with Gasteiger partial charge in [-0.05, 0) is 160 Å². The molecule has 8 aliphatic heterocycles. The third-order valence-electron chi connectivity index (χ3n) is 25.9.